The number of nitrogens with one attached hydrogen (secondary N) is 1. The predicted molar refractivity (Wildman–Crippen MR) is 81.1 cm³/mol. The highest BCUT2D eigenvalue weighted by Crippen LogP contribution is 2.43. The highest BCUT2D eigenvalue weighted by molar-refractivity contribution is 5.85. The smallest absolute Gasteiger partial charge is 0.133 e. The van der Waals surface area contributed by atoms with Gasteiger partial charge in [-0.15, -0.1) is 0 Å². The fraction of sp³-hybridized carbons (Fsp3) is 0.412. The van der Waals surface area contributed by atoms with Gasteiger partial charge in [0.25, 0.3) is 0 Å². The van der Waals surface area contributed by atoms with Crippen molar-refractivity contribution in [3.05, 3.63) is 52.4 Å². The van der Waals surface area contributed by atoms with Gasteiger partial charge >= 0.3 is 0 Å². The van der Waals surface area contributed by atoms with Crippen LogP contribution >= 0.6 is 0 Å². The molecule has 3 nitrogen and oxygen atoms in total. The minimum absolute atomic E-state index is 0.0561. The second kappa shape index (κ2) is 4.21. The van der Waals surface area contributed by atoms with Crippen LogP contribution in [0, 0.1) is 5.21 Å². The topological polar surface area (TPSA) is 38.8 Å². The van der Waals surface area contributed by atoms with Gasteiger partial charge in [-0.05, 0) is 23.6 Å². The summed E-state index contributed by atoms with van der Waals surface area (Å²) in [7, 11) is 0. The molecule has 0 aliphatic carbocycles. The van der Waals surface area contributed by atoms with Crippen molar-refractivity contribution in [2.45, 2.75) is 32.2 Å². The third kappa shape index (κ3) is 1.60. The van der Waals surface area contributed by atoms with Crippen LogP contribution in [-0.4, -0.2) is 22.7 Å². The predicted octanol–water partition coefficient (Wildman–Crippen LogP) is 3.82. The first kappa shape index (κ1) is 12.2. The Morgan fingerprint density at radius 2 is 2.20 bits per heavy atom. The molecule has 0 radical (unpaired) electrons. The highest BCUT2D eigenvalue weighted by atomic mass is 16.5. The monoisotopic (exact) mass is 268 g/mol. The summed E-state index contributed by atoms with van der Waals surface area (Å²) in [5, 5.41) is 14.5. The van der Waals surface area contributed by atoms with E-state index < -0.39 is 0 Å². The van der Waals surface area contributed by atoms with Crippen molar-refractivity contribution in [2.75, 3.05) is 13.1 Å². The quantitative estimate of drug-likeness (QED) is 0.476. The van der Waals surface area contributed by atoms with E-state index in [9.17, 15) is 5.21 Å². The summed E-state index contributed by atoms with van der Waals surface area (Å²) in [5.74, 6) is 0. The number of nitrogens with zero attached hydrogens (tertiary/aromatic N) is 1. The first-order valence-electron chi connectivity index (χ1n) is 7.56. The molecule has 1 aromatic carbocycles. The second-order valence-electron chi connectivity index (χ2n) is 6.11. The normalized spacial score (nSPS) is 28.9. The lowest BCUT2D eigenvalue weighted by Gasteiger charge is -2.53. The van der Waals surface area contributed by atoms with Gasteiger partial charge in [0, 0.05) is 23.7 Å². The molecule has 3 heterocycles. The first-order valence-corrected chi connectivity index (χ1v) is 7.56. The zero-order chi connectivity index (χ0) is 13.7. The molecular formula is C17H20N2O. The lowest BCUT2D eigenvalue weighted by atomic mass is 9.90. The van der Waals surface area contributed by atoms with E-state index >= 15 is 0 Å². The maximum Gasteiger partial charge on any atom is 0.133 e. The number of hydrogen-bond acceptors (Lipinski definition) is 1. The summed E-state index contributed by atoms with van der Waals surface area (Å²) in [6, 6.07) is 8.50. The van der Waals surface area contributed by atoms with E-state index in [2.05, 4.69) is 42.2 Å². The maximum absolute atomic E-state index is 13.2. The fourth-order valence-electron chi connectivity index (χ4n) is 3.91. The van der Waals surface area contributed by atoms with Gasteiger partial charge in [0.05, 0.1) is 12.2 Å². The van der Waals surface area contributed by atoms with Crippen molar-refractivity contribution in [3.63, 3.8) is 0 Å². The average molecular weight is 268 g/mol. The van der Waals surface area contributed by atoms with Crippen LogP contribution in [0.3, 0.4) is 0 Å². The standard InChI is InChI=1S/C17H20N2O/c1-2-12-7-8-16-17-14(9-10-19(16,20)11-12)13-5-3-4-6-15(13)18-17/h3-7,16,18H,2,8-11H2,1H3/t16-,19+/m0/s1. The summed E-state index contributed by atoms with van der Waals surface area (Å²) >= 11 is 0. The molecule has 0 spiro atoms. The molecular weight excluding hydrogens is 248 g/mol. The lowest BCUT2D eigenvalue weighted by Crippen LogP contribution is -2.52. The molecule has 20 heavy (non-hydrogen) atoms. The molecule has 2 aliphatic rings. The Hall–Kier alpha value is -1.58. The number of quaternary nitrogens is 1. The van der Waals surface area contributed by atoms with Crippen LogP contribution in [0.4, 0.5) is 0 Å². The Morgan fingerprint density at radius 3 is 3.05 bits per heavy atom. The summed E-state index contributed by atoms with van der Waals surface area (Å²) in [4.78, 5) is 3.53. The number of hydroxylamine groups is 3. The van der Waals surface area contributed by atoms with Crippen molar-refractivity contribution in [2.24, 2.45) is 0 Å². The molecule has 0 saturated heterocycles. The molecule has 2 aliphatic heterocycles. The van der Waals surface area contributed by atoms with Gasteiger partial charge in [0.2, 0.25) is 0 Å². The summed E-state index contributed by atoms with van der Waals surface area (Å²) in [5.41, 5.74) is 5.08. The minimum Gasteiger partial charge on any atom is -0.632 e. The zero-order valence-electron chi connectivity index (χ0n) is 11.9. The average Bonchev–Trinajstić information content (AvgIpc) is 2.84. The molecule has 0 unspecified atom stereocenters. The second-order valence-corrected chi connectivity index (χ2v) is 6.11. The maximum atomic E-state index is 13.2. The third-order valence-electron chi connectivity index (χ3n) is 5.04. The van der Waals surface area contributed by atoms with Gasteiger partial charge < -0.3 is 14.8 Å². The summed E-state index contributed by atoms with van der Waals surface area (Å²) in [6.07, 6.45) is 5.08. The fourth-order valence-corrected chi connectivity index (χ4v) is 3.91. The van der Waals surface area contributed by atoms with E-state index in [0.29, 0.717) is 6.54 Å². The van der Waals surface area contributed by atoms with Gasteiger partial charge in [-0.2, -0.15) is 0 Å². The number of para-hydroxylation sites is 1. The number of benzene rings is 1. The Bertz CT molecular complexity index is 700. The zero-order valence-corrected chi connectivity index (χ0v) is 11.9. The van der Waals surface area contributed by atoms with Crippen molar-refractivity contribution in [3.8, 4) is 0 Å². The Kier molecular flexibility index (Phi) is 2.56. The van der Waals surface area contributed by atoms with E-state index in [1.54, 1.807) is 0 Å². The SMILES string of the molecule is CCC1=CC[C@H]2c3[nH]c4ccccc4c3CC[N@@+]2([O-])C1. The van der Waals surface area contributed by atoms with E-state index in [0.717, 1.165) is 25.8 Å². The van der Waals surface area contributed by atoms with E-state index in [1.165, 1.54) is 27.7 Å². The van der Waals surface area contributed by atoms with Gasteiger partial charge in [-0.25, -0.2) is 0 Å². The van der Waals surface area contributed by atoms with Crippen LogP contribution in [0.5, 0.6) is 0 Å². The van der Waals surface area contributed by atoms with Crippen LogP contribution in [0.1, 0.15) is 37.1 Å². The molecule has 2 atom stereocenters. The van der Waals surface area contributed by atoms with Gasteiger partial charge in [-0.1, -0.05) is 31.2 Å². The number of fused-ring (bicyclic) bond motifs is 5. The Labute approximate surface area is 119 Å². The molecule has 104 valence electrons. The number of aromatic nitrogens is 1. The number of hydrogen-bond donors (Lipinski definition) is 1. The third-order valence-corrected chi connectivity index (χ3v) is 5.04. The summed E-state index contributed by atoms with van der Waals surface area (Å²) in [6.45, 7) is 3.55. The molecule has 1 N–H and O–H groups in total. The Balaban J connectivity index is 1.86. The van der Waals surface area contributed by atoms with Gasteiger partial charge in [0.15, 0.2) is 0 Å². The number of aromatic amines is 1. The van der Waals surface area contributed by atoms with Crippen molar-refractivity contribution in [1.29, 1.82) is 0 Å². The molecule has 2 aromatic rings. The van der Waals surface area contributed by atoms with Gasteiger partial charge in [0.1, 0.15) is 12.6 Å². The van der Waals surface area contributed by atoms with Gasteiger partial charge in [-0.3, -0.25) is 0 Å². The van der Waals surface area contributed by atoms with Crippen LogP contribution in [0.25, 0.3) is 10.9 Å². The molecule has 0 bridgehead atoms. The first-order chi connectivity index (χ1) is 9.71. The molecule has 0 saturated carbocycles. The van der Waals surface area contributed by atoms with Crippen LogP contribution in [-0.2, 0) is 6.42 Å². The van der Waals surface area contributed by atoms with Crippen molar-refractivity contribution in [1.82, 2.24) is 4.98 Å². The van der Waals surface area contributed by atoms with Crippen molar-refractivity contribution >= 4 is 10.9 Å². The van der Waals surface area contributed by atoms with E-state index in [1.807, 2.05) is 0 Å². The van der Waals surface area contributed by atoms with Crippen molar-refractivity contribution < 1.29 is 4.65 Å². The van der Waals surface area contributed by atoms with E-state index in [4.69, 9.17) is 0 Å². The lowest BCUT2D eigenvalue weighted by molar-refractivity contribution is -0.911. The minimum atomic E-state index is -0.0561. The summed E-state index contributed by atoms with van der Waals surface area (Å²) < 4.78 is -0.0561. The molecule has 1 aromatic heterocycles. The number of H-pyrrole nitrogens is 1. The molecule has 0 amide bonds. The number of rotatable bonds is 1. The largest absolute Gasteiger partial charge is 0.632 e. The molecule has 0 fully saturated rings. The van der Waals surface area contributed by atoms with Crippen LogP contribution in [0.2, 0.25) is 0 Å². The highest BCUT2D eigenvalue weighted by Gasteiger charge is 2.40. The van der Waals surface area contributed by atoms with Crippen LogP contribution in [0.15, 0.2) is 35.9 Å². The van der Waals surface area contributed by atoms with E-state index in [-0.39, 0.29) is 10.7 Å². The van der Waals surface area contributed by atoms with Crippen LogP contribution < -0.4 is 0 Å². The molecule has 4 rings (SSSR count). The molecule has 3 heteroatoms. The Morgan fingerprint density at radius 1 is 1.35 bits per heavy atom.